The molecule has 0 bridgehead atoms. The summed E-state index contributed by atoms with van der Waals surface area (Å²) in [6.45, 7) is 5.16. The van der Waals surface area contributed by atoms with Crippen LogP contribution in [0.1, 0.15) is 61.3 Å². The lowest BCUT2D eigenvalue weighted by atomic mass is 9.94. The largest absolute Gasteiger partial charge is 0.290 e. The van der Waals surface area contributed by atoms with Crippen molar-refractivity contribution in [2.45, 2.75) is 44.8 Å². The predicted molar refractivity (Wildman–Crippen MR) is 68.6 cm³/mol. The van der Waals surface area contributed by atoms with E-state index in [4.69, 9.17) is 0 Å². The van der Waals surface area contributed by atoms with Crippen LogP contribution >= 0.6 is 0 Å². The number of rotatable bonds is 5. The van der Waals surface area contributed by atoms with Gasteiger partial charge in [0.05, 0.1) is 11.9 Å². The van der Waals surface area contributed by atoms with Crippen LogP contribution < -0.4 is 0 Å². The molecule has 20 heavy (non-hydrogen) atoms. The van der Waals surface area contributed by atoms with Crippen molar-refractivity contribution in [2.75, 3.05) is 0 Å². The molecule has 1 aliphatic carbocycles. The van der Waals surface area contributed by atoms with Gasteiger partial charge in [0.25, 0.3) is 0 Å². The average molecular weight is 281 g/mol. The molecule has 1 saturated carbocycles. The number of alkyl halides is 1. The van der Waals surface area contributed by atoms with Gasteiger partial charge in [-0.3, -0.25) is 4.79 Å². The number of hydrogen-bond acceptors (Lipinski definition) is 3. The molecule has 2 aliphatic rings. The molecule has 0 saturated heterocycles. The normalized spacial score (nSPS) is 26.4. The highest BCUT2D eigenvalue weighted by Gasteiger charge is 2.41. The number of nitrogens with zero attached hydrogens (tertiary/aromatic N) is 3. The van der Waals surface area contributed by atoms with E-state index in [1.165, 1.54) is 4.68 Å². The van der Waals surface area contributed by atoms with Gasteiger partial charge in [-0.05, 0) is 19.3 Å². The molecule has 3 atom stereocenters. The smallest absolute Gasteiger partial charge is 0.217 e. The molecule has 1 aromatic rings. The molecule has 1 aromatic heterocycles. The summed E-state index contributed by atoms with van der Waals surface area (Å²) in [6.07, 6.45) is 1.07. The van der Waals surface area contributed by atoms with Crippen LogP contribution in [0.2, 0.25) is 0 Å². The van der Waals surface area contributed by atoms with Crippen LogP contribution in [-0.4, -0.2) is 20.5 Å². The topological polar surface area (TPSA) is 47.8 Å². The molecule has 6 heteroatoms. The number of carbonyl (C=O) groups is 1. The fourth-order valence-corrected chi connectivity index (χ4v) is 2.88. The van der Waals surface area contributed by atoms with E-state index in [2.05, 4.69) is 16.7 Å². The van der Waals surface area contributed by atoms with E-state index in [1.54, 1.807) is 0 Å². The quantitative estimate of drug-likeness (QED) is 0.778. The Morgan fingerprint density at radius 1 is 1.55 bits per heavy atom. The summed E-state index contributed by atoms with van der Waals surface area (Å²) >= 11 is 0. The van der Waals surface area contributed by atoms with Gasteiger partial charge in [-0.2, -0.15) is 0 Å². The first-order valence-corrected chi connectivity index (χ1v) is 7.02. The second-order valence-electron chi connectivity index (χ2n) is 5.61. The number of aromatic nitrogens is 3. The van der Waals surface area contributed by atoms with Gasteiger partial charge in [0.1, 0.15) is 0 Å². The highest BCUT2D eigenvalue weighted by atomic mass is 19.1. The van der Waals surface area contributed by atoms with Gasteiger partial charge >= 0.3 is 0 Å². The molecular formula is C14H17F2N3O. The lowest BCUT2D eigenvalue weighted by Gasteiger charge is -2.20. The molecule has 1 unspecified atom stereocenters. The van der Waals surface area contributed by atoms with Gasteiger partial charge in [-0.1, -0.05) is 13.5 Å². The molecule has 0 aromatic carbocycles. The Kier molecular flexibility index (Phi) is 3.18. The molecule has 0 N–H and O–H groups in total. The van der Waals surface area contributed by atoms with Crippen LogP contribution in [0.5, 0.6) is 0 Å². The molecule has 4 nitrogen and oxygen atoms in total. The van der Waals surface area contributed by atoms with Crippen LogP contribution in [0.15, 0.2) is 12.4 Å². The lowest BCUT2D eigenvalue weighted by molar-refractivity contribution is 0.0956. The van der Waals surface area contributed by atoms with Gasteiger partial charge < -0.3 is 0 Å². The highest BCUT2D eigenvalue weighted by molar-refractivity contribution is 5.95. The van der Waals surface area contributed by atoms with E-state index in [-0.39, 0.29) is 29.8 Å². The number of carbonyl (C=O) groups excluding carboxylic acids is 1. The van der Waals surface area contributed by atoms with Crippen LogP contribution in [0.3, 0.4) is 0 Å². The first kappa shape index (κ1) is 13.4. The maximum absolute atomic E-state index is 14.0. The van der Waals surface area contributed by atoms with Crippen molar-refractivity contribution >= 4 is 5.78 Å². The Bertz CT molecular complexity index is 565. The Labute approximate surface area is 115 Å². The van der Waals surface area contributed by atoms with Crippen LogP contribution in [0.4, 0.5) is 8.78 Å². The first-order valence-electron chi connectivity index (χ1n) is 7.02. The van der Waals surface area contributed by atoms with Gasteiger partial charge in [0.2, 0.25) is 11.6 Å². The first-order chi connectivity index (χ1) is 9.52. The number of ketones is 1. The maximum Gasteiger partial charge on any atom is 0.217 e. The molecule has 108 valence electrons. The Hall–Kier alpha value is -1.59. The van der Waals surface area contributed by atoms with E-state index < -0.39 is 24.0 Å². The molecule has 0 amide bonds. The third kappa shape index (κ3) is 2.07. The van der Waals surface area contributed by atoms with Gasteiger partial charge in [-0.25, -0.2) is 18.4 Å². The number of Topliss-reactive ketones (excluding diaryl/α,β-unsaturated/α-hetero) is 1. The molecule has 0 radical (unpaired) electrons. The minimum absolute atomic E-state index is 0.00671. The number of hydrogen-bond donors (Lipinski definition) is 0. The van der Waals surface area contributed by atoms with Crippen molar-refractivity contribution in [3.05, 3.63) is 24.1 Å². The summed E-state index contributed by atoms with van der Waals surface area (Å²) in [5.41, 5.74) is 0. The Morgan fingerprint density at radius 3 is 2.80 bits per heavy atom. The van der Waals surface area contributed by atoms with Gasteiger partial charge in [0.15, 0.2) is 12.0 Å². The van der Waals surface area contributed by atoms with Crippen LogP contribution in [0, 0.1) is 11.8 Å². The third-order valence-electron chi connectivity index (χ3n) is 4.18. The fourth-order valence-electron chi connectivity index (χ4n) is 2.88. The van der Waals surface area contributed by atoms with Crippen molar-refractivity contribution in [3.8, 4) is 0 Å². The zero-order chi connectivity index (χ0) is 14.4. The van der Waals surface area contributed by atoms with E-state index in [9.17, 15) is 13.6 Å². The second kappa shape index (κ2) is 4.75. The molecular weight excluding hydrogens is 264 g/mol. The lowest BCUT2D eigenvalue weighted by Crippen LogP contribution is -2.18. The molecule has 0 spiro atoms. The van der Waals surface area contributed by atoms with Crippen LogP contribution in [-0.2, 0) is 0 Å². The Balaban J connectivity index is 1.92. The molecule has 1 fully saturated rings. The summed E-state index contributed by atoms with van der Waals surface area (Å²) < 4.78 is 28.9. The van der Waals surface area contributed by atoms with E-state index in [0.717, 1.165) is 12.8 Å². The van der Waals surface area contributed by atoms with E-state index >= 15 is 0 Å². The number of fused-ring (bicyclic) bond motifs is 1. The van der Waals surface area contributed by atoms with Crippen molar-refractivity contribution in [1.29, 1.82) is 0 Å². The summed E-state index contributed by atoms with van der Waals surface area (Å²) in [5, 5.41) is 4.14. The van der Waals surface area contributed by atoms with Crippen molar-refractivity contribution in [3.63, 3.8) is 0 Å². The highest BCUT2D eigenvalue weighted by Crippen LogP contribution is 2.43. The van der Waals surface area contributed by atoms with Crippen LogP contribution in [0.25, 0.3) is 0 Å². The molecule has 1 aliphatic heterocycles. The third-order valence-corrected chi connectivity index (χ3v) is 4.18. The SMILES string of the molecule is C=C(F)C(CC)[C@@H]1C[C@H](F)c2nc(C(=O)C3CC3)nn21. The average Bonchev–Trinajstić information content (AvgIpc) is 3.08. The van der Waals surface area contributed by atoms with Crippen molar-refractivity contribution in [2.24, 2.45) is 11.8 Å². The van der Waals surface area contributed by atoms with Gasteiger partial charge in [0, 0.05) is 18.3 Å². The zero-order valence-corrected chi connectivity index (χ0v) is 11.4. The molecule has 3 rings (SSSR count). The van der Waals surface area contributed by atoms with Crippen molar-refractivity contribution in [1.82, 2.24) is 14.8 Å². The number of halogens is 2. The summed E-state index contributed by atoms with van der Waals surface area (Å²) in [6, 6.07) is -0.434. The zero-order valence-electron chi connectivity index (χ0n) is 11.4. The van der Waals surface area contributed by atoms with Gasteiger partial charge in [-0.15, -0.1) is 5.10 Å². The molecule has 2 heterocycles. The van der Waals surface area contributed by atoms with Crippen molar-refractivity contribution < 1.29 is 13.6 Å². The minimum atomic E-state index is -1.29. The maximum atomic E-state index is 14.0. The second-order valence-corrected chi connectivity index (χ2v) is 5.61. The minimum Gasteiger partial charge on any atom is -0.290 e. The van der Waals surface area contributed by atoms with E-state index in [0.29, 0.717) is 6.42 Å². The number of allylic oxidation sites excluding steroid dienone is 1. The summed E-state index contributed by atoms with van der Waals surface area (Å²) in [4.78, 5) is 16.0. The predicted octanol–water partition coefficient (Wildman–Crippen LogP) is 3.34. The monoisotopic (exact) mass is 281 g/mol. The van der Waals surface area contributed by atoms with E-state index in [1.807, 2.05) is 6.92 Å². The Morgan fingerprint density at radius 2 is 2.25 bits per heavy atom. The summed E-state index contributed by atoms with van der Waals surface area (Å²) in [7, 11) is 0. The summed E-state index contributed by atoms with van der Waals surface area (Å²) in [5.74, 6) is -0.853. The fraction of sp³-hybridized carbons (Fsp3) is 0.643. The standard InChI is InChI=1S/C14H17F2N3O/c1-3-9(7(2)15)11-6-10(16)14-17-13(18-19(11)14)12(20)8-4-5-8/h8-11H,2-6H2,1H3/t9?,10-,11-/m0/s1.